The lowest BCUT2D eigenvalue weighted by Crippen LogP contribution is -2.61. The minimum Gasteiger partial charge on any atom is -0.324 e. The predicted octanol–water partition coefficient (Wildman–Crippen LogP) is 11.4. The van der Waals surface area contributed by atoms with E-state index in [2.05, 4.69) is 188 Å². The van der Waals surface area contributed by atoms with Crippen LogP contribution in [0.4, 0.5) is 34.4 Å². The number of benzene rings is 5. The number of fused-ring (bicyclic) bond motifs is 5. The Balaban J connectivity index is 1.18. The van der Waals surface area contributed by atoms with Crippen LogP contribution >= 0.6 is 0 Å². The number of rotatable bonds is 7. The van der Waals surface area contributed by atoms with Gasteiger partial charge in [0.1, 0.15) is 12.3 Å². The summed E-state index contributed by atoms with van der Waals surface area (Å²) < 4.78 is 0. The van der Waals surface area contributed by atoms with Gasteiger partial charge >= 0.3 is 0 Å². The van der Waals surface area contributed by atoms with Crippen LogP contribution in [0.1, 0.15) is 57.7 Å². The first-order valence-corrected chi connectivity index (χ1v) is 18.9. The number of para-hydroxylation sites is 5. The molecule has 3 atom stereocenters. The van der Waals surface area contributed by atoms with Crippen molar-refractivity contribution in [2.24, 2.45) is 5.41 Å². The quantitative estimate of drug-likeness (QED) is 0.166. The lowest BCUT2D eigenvalue weighted by Gasteiger charge is -2.57. The zero-order valence-corrected chi connectivity index (χ0v) is 31.2. The molecule has 6 heteroatoms. The van der Waals surface area contributed by atoms with E-state index in [0.717, 1.165) is 52.4 Å². The second kappa shape index (κ2) is 12.7. The first kappa shape index (κ1) is 33.0. The Morgan fingerprint density at radius 2 is 1.26 bits per heavy atom. The number of anilines is 6. The van der Waals surface area contributed by atoms with Gasteiger partial charge in [-0.25, -0.2) is 9.97 Å². The van der Waals surface area contributed by atoms with Crippen molar-refractivity contribution in [3.8, 4) is 0 Å². The van der Waals surface area contributed by atoms with Gasteiger partial charge in [0.25, 0.3) is 0 Å². The van der Waals surface area contributed by atoms with Crippen molar-refractivity contribution in [2.45, 2.75) is 65.2 Å². The van der Waals surface area contributed by atoms with Crippen LogP contribution in [-0.4, -0.2) is 22.3 Å². The minimum atomic E-state index is -0.320. The highest BCUT2D eigenvalue weighted by Gasteiger charge is 2.56. The molecule has 0 amide bonds. The van der Waals surface area contributed by atoms with E-state index in [9.17, 15) is 0 Å². The first-order valence-electron chi connectivity index (χ1n) is 18.9. The van der Waals surface area contributed by atoms with Crippen molar-refractivity contribution in [3.05, 3.63) is 163 Å². The molecule has 5 aromatic carbocycles. The van der Waals surface area contributed by atoms with E-state index in [-0.39, 0.29) is 23.2 Å². The van der Waals surface area contributed by atoms with Crippen molar-refractivity contribution in [2.75, 3.05) is 19.6 Å². The summed E-state index contributed by atoms with van der Waals surface area (Å²) in [4.78, 5) is 20.1. The average Bonchev–Trinajstić information content (AvgIpc) is 3.75. The number of aryl methyl sites for hydroxylation is 1. The van der Waals surface area contributed by atoms with Crippen LogP contribution in [0.3, 0.4) is 0 Å². The van der Waals surface area contributed by atoms with Gasteiger partial charge in [-0.15, -0.1) is 0 Å². The van der Waals surface area contributed by atoms with Crippen LogP contribution in [0, 0.1) is 5.41 Å². The van der Waals surface area contributed by atoms with Crippen molar-refractivity contribution in [1.82, 2.24) is 9.97 Å². The zero-order chi connectivity index (χ0) is 36.3. The van der Waals surface area contributed by atoms with Crippen LogP contribution in [0.2, 0.25) is 0 Å². The normalized spacial score (nSPS) is 21.4. The summed E-state index contributed by atoms with van der Waals surface area (Å²) in [6, 6.07) is 45.5. The molecule has 3 aliphatic heterocycles. The summed E-state index contributed by atoms with van der Waals surface area (Å²) in [6.45, 7) is 11.8. The molecule has 0 saturated heterocycles. The van der Waals surface area contributed by atoms with Crippen molar-refractivity contribution < 1.29 is 0 Å². The topological polar surface area (TPSA) is 38.7 Å². The van der Waals surface area contributed by atoms with Crippen LogP contribution < -0.4 is 19.6 Å². The lowest BCUT2D eigenvalue weighted by atomic mass is 9.58. The van der Waals surface area contributed by atoms with Crippen LogP contribution in [-0.2, 0) is 11.8 Å². The van der Waals surface area contributed by atoms with Gasteiger partial charge in [-0.1, -0.05) is 125 Å². The Kier molecular flexibility index (Phi) is 7.88. The molecule has 6 aromatic rings. The fraction of sp³-hybridized carbons (Fsp3) is 0.234. The molecule has 4 heterocycles. The SMILES string of the molecule is CCCc1cccc(N2C=CN3c4ccccc4C(C)(C)C(C)(/C=C/c4ccccc4N4c5nc6ccccc6nc5N(c5ccccc5)C4C)C23)c1. The standard InChI is InChI=1S/C47H46N6/c1-6-17-34-18-16-22-37(32-34)50-30-31-51-42-27-15-11-23-38(42)46(3,4)47(5,45(50)51)29-28-35-19-10-14-26-41(35)53-33(2)52(36-20-8-7-9-21-36)43-44(53)49-40-25-13-12-24-39(40)48-43/h7-16,18-33,45H,6,17H2,1-5H3/b29-28+. The summed E-state index contributed by atoms with van der Waals surface area (Å²) in [5, 5.41) is 0. The Hall–Kier alpha value is -5.88. The van der Waals surface area contributed by atoms with Crippen molar-refractivity contribution in [1.29, 1.82) is 0 Å². The predicted molar refractivity (Wildman–Crippen MR) is 221 cm³/mol. The van der Waals surface area contributed by atoms with Crippen molar-refractivity contribution in [3.63, 3.8) is 0 Å². The highest BCUT2D eigenvalue weighted by molar-refractivity contribution is 5.91. The van der Waals surface area contributed by atoms with Gasteiger partial charge in [-0.2, -0.15) is 0 Å². The average molecular weight is 695 g/mol. The molecule has 9 rings (SSSR count). The summed E-state index contributed by atoms with van der Waals surface area (Å²) in [6.07, 6.45) is 11.6. The van der Waals surface area contributed by atoms with E-state index >= 15 is 0 Å². The number of hydrogen-bond acceptors (Lipinski definition) is 6. The zero-order valence-electron chi connectivity index (χ0n) is 31.2. The van der Waals surface area contributed by atoms with E-state index in [0.29, 0.717) is 0 Å². The van der Waals surface area contributed by atoms with Crippen LogP contribution in [0.25, 0.3) is 17.1 Å². The number of aromatic nitrogens is 2. The van der Waals surface area contributed by atoms with Gasteiger partial charge in [0, 0.05) is 40.3 Å². The fourth-order valence-corrected chi connectivity index (χ4v) is 8.88. The van der Waals surface area contributed by atoms with E-state index in [1.807, 2.05) is 18.2 Å². The molecule has 0 N–H and O–H groups in total. The molecule has 1 aromatic heterocycles. The van der Waals surface area contributed by atoms with Gasteiger partial charge in [0.15, 0.2) is 11.6 Å². The van der Waals surface area contributed by atoms with Crippen LogP contribution in [0.5, 0.6) is 0 Å². The largest absolute Gasteiger partial charge is 0.324 e. The molecule has 53 heavy (non-hydrogen) atoms. The summed E-state index contributed by atoms with van der Waals surface area (Å²) >= 11 is 0. The molecule has 264 valence electrons. The molecule has 0 aliphatic carbocycles. The summed E-state index contributed by atoms with van der Waals surface area (Å²) in [7, 11) is 0. The Morgan fingerprint density at radius 3 is 2.02 bits per heavy atom. The monoisotopic (exact) mass is 694 g/mol. The molecule has 0 spiro atoms. The van der Waals surface area contributed by atoms with E-state index in [1.54, 1.807) is 0 Å². The van der Waals surface area contributed by atoms with Crippen molar-refractivity contribution >= 4 is 51.5 Å². The van der Waals surface area contributed by atoms with E-state index in [1.165, 1.54) is 22.5 Å². The van der Waals surface area contributed by atoms with Gasteiger partial charge in [-0.05, 0) is 78.6 Å². The number of hydrogen-bond donors (Lipinski definition) is 0. The van der Waals surface area contributed by atoms with Gasteiger partial charge in [-0.3, -0.25) is 0 Å². The molecule has 6 nitrogen and oxygen atoms in total. The maximum Gasteiger partial charge on any atom is 0.179 e. The summed E-state index contributed by atoms with van der Waals surface area (Å²) in [5.74, 6) is 1.73. The minimum absolute atomic E-state index is 0.0323. The smallest absolute Gasteiger partial charge is 0.179 e. The molecular weight excluding hydrogens is 649 g/mol. The third-order valence-corrected chi connectivity index (χ3v) is 12.0. The summed E-state index contributed by atoms with van der Waals surface area (Å²) in [5.41, 5.74) is 9.81. The highest BCUT2D eigenvalue weighted by atomic mass is 15.5. The van der Waals surface area contributed by atoms with Gasteiger partial charge in [0.05, 0.1) is 16.7 Å². The highest BCUT2D eigenvalue weighted by Crippen LogP contribution is 2.57. The van der Waals surface area contributed by atoms with E-state index in [4.69, 9.17) is 9.97 Å². The maximum absolute atomic E-state index is 5.28. The molecule has 0 saturated carbocycles. The lowest BCUT2D eigenvalue weighted by molar-refractivity contribution is 0.183. The molecule has 3 unspecified atom stereocenters. The second-order valence-corrected chi connectivity index (χ2v) is 15.3. The van der Waals surface area contributed by atoms with Crippen LogP contribution in [0.15, 0.2) is 146 Å². The van der Waals surface area contributed by atoms with E-state index < -0.39 is 0 Å². The number of nitrogens with zero attached hydrogens (tertiary/aromatic N) is 6. The molecule has 0 radical (unpaired) electrons. The Labute approximate surface area is 313 Å². The Morgan fingerprint density at radius 1 is 0.642 bits per heavy atom. The van der Waals surface area contributed by atoms with Gasteiger partial charge < -0.3 is 19.6 Å². The Bertz CT molecular complexity index is 2380. The molecular formula is C47H46N6. The first-order chi connectivity index (χ1) is 25.8. The second-order valence-electron chi connectivity index (χ2n) is 15.3. The third-order valence-electron chi connectivity index (χ3n) is 12.0. The molecule has 3 aliphatic rings. The molecule has 0 bridgehead atoms. The third kappa shape index (κ3) is 5.14. The van der Waals surface area contributed by atoms with Gasteiger partial charge in [0.2, 0.25) is 0 Å². The maximum atomic E-state index is 5.28. The molecule has 0 fully saturated rings. The fourth-order valence-electron chi connectivity index (χ4n) is 8.88.